The number of benzene rings is 2. The summed E-state index contributed by atoms with van der Waals surface area (Å²) in [5.74, 6) is 0.0566. The van der Waals surface area contributed by atoms with Gasteiger partial charge >= 0.3 is 5.97 Å². The van der Waals surface area contributed by atoms with Crippen LogP contribution < -0.4 is 5.32 Å². The Kier molecular flexibility index (Phi) is 3.00. The van der Waals surface area contributed by atoms with E-state index in [4.69, 9.17) is 5.11 Å². The van der Waals surface area contributed by atoms with Crippen LogP contribution in [0.2, 0.25) is 0 Å². The topological polar surface area (TPSA) is 49.3 Å². The number of nitrogens with one attached hydrogen (secondary N) is 1. The van der Waals surface area contributed by atoms with Gasteiger partial charge in [0.2, 0.25) is 0 Å². The molecular weight excluding hydrogens is 274 g/mol. The number of para-hydroxylation sites is 1. The van der Waals surface area contributed by atoms with Gasteiger partial charge in [-0.25, -0.2) is 4.79 Å². The van der Waals surface area contributed by atoms with Crippen LogP contribution in [0.1, 0.15) is 39.9 Å². The Bertz CT molecular complexity index is 748. The monoisotopic (exact) mass is 291 g/mol. The van der Waals surface area contributed by atoms with Crippen LogP contribution in [-0.4, -0.2) is 11.1 Å². The second-order valence-electron chi connectivity index (χ2n) is 5.99. The molecule has 1 heterocycles. The Hall–Kier alpha value is -2.55. The molecule has 0 fully saturated rings. The smallest absolute Gasteiger partial charge is 0.335 e. The van der Waals surface area contributed by atoms with Gasteiger partial charge in [0.1, 0.15) is 0 Å². The van der Waals surface area contributed by atoms with Crippen molar-refractivity contribution in [2.45, 2.75) is 18.4 Å². The molecule has 2 aliphatic rings. The summed E-state index contributed by atoms with van der Waals surface area (Å²) >= 11 is 0. The zero-order valence-corrected chi connectivity index (χ0v) is 12.1. The average molecular weight is 291 g/mol. The first-order valence-electron chi connectivity index (χ1n) is 7.59. The molecular formula is C19H17NO2. The molecule has 2 N–H and O–H groups in total. The summed E-state index contributed by atoms with van der Waals surface area (Å²) in [5.41, 5.74) is 4.03. The maximum atomic E-state index is 11.0. The van der Waals surface area contributed by atoms with Crippen molar-refractivity contribution in [3.63, 3.8) is 0 Å². The molecule has 0 saturated carbocycles. The van der Waals surface area contributed by atoms with E-state index in [1.54, 1.807) is 12.1 Å². The van der Waals surface area contributed by atoms with Crippen LogP contribution in [0.5, 0.6) is 0 Å². The zero-order chi connectivity index (χ0) is 15.1. The maximum absolute atomic E-state index is 11.0. The molecule has 0 aromatic heterocycles. The van der Waals surface area contributed by atoms with Crippen LogP contribution in [0, 0.1) is 5.92 Å². The molecule has 0 unspecified atom stereocenters. The van der Waals surface area contributed by atoms with E-state index in [2.05, 4.69) is 41.7 Å². The van der Waals surface area contributed by atoms with Crippen molar-refractivity contribution in [1.82, 2.24) is 0 Å². The Morgan fingerprint density at radius 2 is 1.86 bits per heavy atom. The quantitative estimate of drug-likeness (QED) is 0.815. The summed E-state index contributed by atoms with van der Waals surface area (Å²) < 4.78 is 0. The highest BCUT2D eigenvalue weighted by Gasteiger charge is 2.37. The predicted octanol–water partition coefficient (Wildman–Crippen LogP) is 4.21. The highest BCUT2D eigenvalue weighted by atomic mass is 16.4. The summed E-state index contributed by atoms with van der Waals surface area (Å²) in [6.45, 7) is 0. The van der Waals surface area contributed by atoms with Crippen molar-refractivity contribution in [2.24, 2.45) is 5.92 Å². The van der Waals surface area contributed by atoms with E-state index >= 15 is 0 Å². The van der Waals surface area contributed by atoms with Crippen molar-refractivity contribution >= 4 is 11.7 Å². The van der Waals surface area contributed by atoms with E-state index in [-0.39, 0.29) is 6.04 Å². The third-order valence-electron chi connectivity index (χ3n) is 4.79. The average Bonchev–Trinajstić information content (AvgIpc) is 3.04. The van der Waals surface area contributed by atoms with E-state index in [1.807, 2.05) is 12.1 Å². The molecule has 0 saturated heterocycles. The van der Waals surface area contributed by atoms with Gasteiger partial charge in [-0.15, -0.1) is 0 Å². The molecule has 2 aromatic rings. The standard InChI is InChI=1S/C19H17NO2/c21-19(22)13-10-8-12(9-11-13)18-16-6-3-5-14(16)15-4-1-2-7-17(15)20-18/h1-5,7-11,14,16,18,20H,6H2,(H,21,22)/t14-,16-,18-/m0/s1. The minimum absolute atomic E-state index is 0.220. The number of hydrogen-bond donors (Lipinski definition) is 2. The fraction of sp³-hybridized carbons (Fsp3) is 0.211. The fourth-order valence-electron chi connectivity index (χ4n) is 3.71. The first-order chi connectivity index (χ1) is 10.7. The molecule has 22 heavy (non-hydrogen) atoms. The molecule has 0 radical (unpaired) electrons. The van der Waals surface area contributed by atoms with Crippen LogP contribution in [-0.2, 0) is 0 Å². The molecule has 3 atom stereocenters. The molecule has 3 heteroatoms. The number of anilines is 1. The summed E-state index contributed by atoms with van der Waals surface area (Å²) in [6.07, 6.45) is 5.62. The van der Waals surface area contributed by atoms with Crippen LogP contribution in [0.15, 0.2) is 60.7 Å². The molecule has 3 nitrogen and oxygen atoms in total. The maximum Gasteiger partial charge on any atom is 0.335 e. The van der Waals surface area contributed by atoms with Gasteiger partial charge in [0, 0.05) is 11.6 Å². The Balaban J connectivity index is 1.72. The highest BCUT2D eigenvalue weighted by molar-refractivity contribution is 5.87. The summed E-state index contributed by atoms with van der Waals surface area (Å²) in [7, 11) is 0. The van der Waals surface area contributed by atoms with E-state index < -0.39 is 5.97 Å². The molecule has 2 aromatic carbocycles. The molecule has 110 valence electrons. The van der Waals surface area contributed by atoms with E-state index in [0.29, 0.717) is 17.4 Å². The van der Waals surface area contributed by atoms with Gasteiger partial charge in [-0.2, -0.15) is 0 Å². The summed E-state index contributed by atoms with van der Waals surface area (Å²) in [4.78, 5) is 11.0. The molecule has 0 amide bonds. The first kappa shape index (κ1) is 13.1. The van der Waals surface area contributed by atoms with Crippen LogP contribution in [0.25, 0.3) is 0 Å². The van der Waals surface area contributed by atoms with Gasteiger partial charge < -0.3 is 10.4 Å². The number of allylic oxidation sites excluding steroid dienone is 2. The predicted molar refractivity (Wildman–Crippen MR) is 86.2 cm³/mol. The van der Waals surface area contributed by atoms with Crippen molar-refractivity contribution in [3.05, 3.63) is 77.4 Å². The number of rotatable bonds is 2. The fourth-order valence-corrected chi connectivity index (χ4v) is 3.71. The largest absolute Gasteiger partial charge is 0.478 e. The zero-order valence-electron chi connectivity index (χ0n) is 12.1. The van der Waals surface area contributed by atoms with Crippen molar-refractivity contribution in [1.29, 1.82) is 0 Å². The van der Waals surface area contributed by atoms with Gasteiger partial charge in [-0.1, -0.05) is 42.5 Å². The van der Waals surface area contributed by atoms with Gasteiger partial charge in [0.25, 0.3) is 0 Å². The Morgan fingerprint density at radius 3 is 2.64 bits per heavy atom. The third-order valence-corrected chi connectivity index (χ3v) is 4.79. The van der Waals surface area contributed by atoms with Crippen molar-refractivity contribution in [3.8, 4) is 0 Å². The SMILES string of the molecule is O=C(O)c1ccc([C@@H]2Nc3ccccc3[C@@H]3C=CC[C@@H]32)cc1. The van der Waals surface area contributed by atoms with Gasteiger partial charge in [-0.3, -0.25) is 0 Å². The van der Waals surface area contributed by atoms with Crippen molar-refractivity contribution < 1.29 is 9.90 Å². The number of fused-ring (bicyclic) bond motifs is 3. The van der Waals surface area contributed by atoms with Gasteiger partial charge in [-0.05, 0) is 41.7 Å². The van der Waals surface area contributed by atoms with E-state index in [9.17, 15) is 4.79 Å². The minimum Gasteiger partial charge on any atom is -0.478 e. The van der Waals surface area contributed by atoms with Gasteiger partial charge in [0.15, 0.2) is 0 Å². The Morgan fingerprint density at radius 1 is 1.09 bits per heavy atom. The summed E-state index contributed by atoms with van der Waals surface area (Å²) in [6, 6.07) is 15.9. The lowest BCUT2D eigenvalue weighted by Crippen LogP contribution is -2.28. The normalized spacial score (nSPS) is 25.2. The summed E-state index contributed by atoms with van der Waals surface area (Å²) in [5, 5.41) is 12.7. The second kappa shape index (κ2) is 5.02. The van der Waals surface area contributed by atoms with Crippen LogP contribution in [0.4, 0.5) is 5.69 Å². The Labute approximate surface area is 129 Å². The molecule has 4 rings (SSSR count). The van der Waals surface area contributed by atoms with Crippen molar-refractivity contribution in [2.75, 3.05) is 5.32 Å². The number of carboxylic acid groups (broad SMARTS) is 1. The van der Waals surface area contributed by atoms with E-state index in [0.717, 1.165) is 12.0 Å². The van der Waals surface area contributed by atoms with Gasteiger partial charge in [0.05, 0.1) is 11.6 Å². The molecule has 0 spiro atoms. The molecule has 1 aliphatic carbocycles. The number of carbonyl (C=O) groups is 1. The molecule has 1 aliphatic heterocycles. The minimum atomic E-state index is -0.881. The van der Waals surface area contributed by atoms with Crippen LogP contribution in [0.3, 0.4) is 0 Å². The number of hydrogen-bond acceptors (Lipinski definition) is 2. The third kappa shape index (κ3) is 2.01. The second-order valence-corrected chi connectivity index (χ2v) is 5.99. The lowest BCUT2D eigenvalue weighted by Gasteiger charge is -2.37. The van der Waals surface area contributed by atoms with E-state index in [1.165, 1.54) is 11.3 Å². The lowest BCUT2D eigenvalue weighted by molar-refractivity contribution is 0.0697. The van der Waals surface area contributed by atoms with Crippen LogP contribution >= 0.6 is 0 Å². The highest BCUT2D eigenvalue weighted by Crippen LogP contribution is 2.49. The molecule has 0 bridgehead atoms. The number of aromatic carboxylic acids is 1. The first-order valence-corrected chi connectivity index (χ1v) is 7.59. The lowest BCUT2D eigenvalue weighted by atomic mass is 9.77. The number of carboxylic acids is 1.